The molecule has 0 radical (unpaired) electrons. The highest BCUT2D eigenvalue weighted by atomic mass is 32.2. The Bertz CT molecular complexity index is 982. The average molecular weight is 424 g/mol. The summed E-state index contributed by atoms with van der Waals surface area (Å²) in [7, 11) is 1.60. The molecule has 0 aliphatic carbocycles. The number of aromatic nitrogens is 2. The average Bonchev–Trinajstić information content (AvgIpc) is 2.78. The van der Waals surface area contributed by atoms with Crippen molar-refractivity contribution in [3.8, 4) is 11.5 Å². The molecule has 30 heavy (non-hydrogen) atoms. The summed E-state index contributed by atoms with van der Waals surface area (Å²) in [6.45, 7) is 4.41. The number of hydrogen-bond acceptors (Lipinski definition) is 6. The number of methoxy groups -OCH3 is 1. The van der Waals surface area contributed by atoms with Crippen molar-refractivity contribution in [1.29, 1.82) is 0 Å². The van der Waals surface area contributed by atoms with E-state index in [0.29, 0.717) is 23.7 Å². The Balaban J connectivity index is 1.67. The van der Waals surface area contributed by atoms with Crippen molar-refractivity contribution < 1.29 is 14.3 Å². The highest BCUT2D eigenvalue weighted by Crippen LogP contribution is 2.31. The van der Waals surface area contributed by atoms with Gasteiger partial charge in [0.25, 0.3) is 5.91 Å². The van der Waals surface area contributed by atoms with E-state index in [0.717, 1.165) is 21.9 Å². The molecule has 0 aliphatic heterocycles. The quantitative estimate of drug-likeness (QED) is 0.504. The van der Waals surface area contributed by atoms with Crippen LogP contribution < -0.4 is 14.8 Å². The lowest BCUT2D eigenvalue weighted by atomic mass is 10.1. The van der Waals surface area contributed by atoms with Crippen LogP contribution in [0.2, 0.25) is 0 Å². The molecule has 0 bridgehead atoms. The van der Waals surface area contributed by atoms with E-state index in [1.54, 1.807) is 43.5 Å². The smallest absolute Gasteiger partial charge is 0.251 e. The summed E-state index contributed by atoms with van der Waals surface area (Å²) in [4.78, 5) is 20.9. The minimum Gasteiger partial charge on any atom is -0.493 e. The molecule has 6 nitrogen and oxygen atoms in total. The second-order valence-corrected chi connectivity index (χ2v) is 7.85. The summed E-state index contributed by atoms with van der Waals surface area (Å²) in [6.07, 6.45) is 5.13. The van der Waals surface area contributed by atoms with E-state index in [-0.39, 0.29) is 11.9 Å². The molecule has 0 aliphatic rings. The van der Waals surface area contributed by atoms with Gasteiger partial charge in [0.1, 0.15) is 6.61 Å². The number of thioether (sulfide) groups is 1. The molecule has 1 unspecified atom stereocenters. The number of benzene rings is 1. The van der Waals surface area contributed by atoms with Crippen molar-refractivity contribution in [2.75, 3.05) is 12.9 Å². The highest BCUT2D eigenvalue weighted by Gasteiger charge is 2.15. The van der Waals surface area contributed by atoms with Crippen LogP contribution in [0.25, 0.3) is 0 Å². The van der Waals surface area contributed by atoms with E-state index in [4.69, 9.17) is 9.47 Å². The third-order valence-electron chi connectivity index (χ3n) is 4.47. The fourth-order valence-electron chi connectivity index (χ4n) is 2.85. The Morgan fingerprint density at radius 2 is 1.90 bits per heavy atom. The first-order valence-electron chi connectivity index (χ1n) is 9.70. The van der Waals surface area contributed by atoms with Gasteiger partial charge in [0, 0.05) is 24.2 Å². The summed E-state index contributed by atoms with van der Waals surface area (Å²) >= 11 is 1.61. The maximum absolute atomic E-state index is 12.7. The second kappa shape index (κ2) is 10.6. The molecule has 7 heteroatoms. The Labute approximate surface area is 181 Å². The van der Waals surface area contributed by atoms with Gasteiger partial charge < -0.3 is 14.8 Å². The SMILES string of the molecule is CCSc1cc(C(=O)NC(C)c2ccc(OCc3ccncc3)c(OC)c2)ccn1. The molecular formula is C23H25N3O3S. The molecule has 1 atom stereocenters. The fraction of sp³-hybridized carbons (Fsp3) is 0.261. The third-order valence-corrected chi connectivity index (χ3v) is 5.28. The van der Waals surface area contributed by atoms with Gasteiger partial charge in [-0.25, -0.2) is 4.98 Å². The zero-order chi connectivity index (χ0) is 21.3. The molecule has 3 rings (SSSR count). The number of nitrogens with one attached hydrogen (secondary N) is 1. The number of nitrogens with zero attached hydrogens (tertiary/aromatic N) is 2. The van der Waals surface area contributed by atoms with Gasteiger partial charge in [-0.15, -0.1) is 11.8 Å². The van der Waals surface area contributed by atoms with Crippen molar-refractivity contribution >= 4 is 17.7 Å². The summed E-state index contributed by atoms with van der Waals surface area (Å²) in [5.41, 5.74) is 2.54. The Morgan fingerprint density at radius 1 is 1.10 bits per heavy atom. The van der Waals surface area contributed by atoms with Crippen molar-refractivity contribution in [1.82, 2.24) is 15.3 Å². The maximum atomic E-state index is 12.7. The number of ether oxygens (including phenoxy) is 2. The van der Waals surface area contributed by atoms with Crippen LogP contribution in [0.4, 0.5) is 0 Å². The molecule has 1 amide bonds. The molecule has 1 aromatic carbocycles. The van der Waals surface area contributed by atoms with E-state index in [1.807, 2.05) is 43.3 Å². The van der Waals surface area contributed by atoms with E-state index in [9.17, 15) is 4.79 Å². The summed E-state index contributed by atoms with van der Waals surface area (Å²) in [6, 6.07) is 12.8. The minimum absolute atomic E-state index is 0.139. The number of carbonyl (C=O) groups is 1. The largest absolute Gasteiger partial charge is 0.493 e. The zero-order valence-corrected chi connectivity index (χ0v) is 18.1. The first-order chi connectivity index (χ1) is 14.6. The second-order valence-electron chi connectivity index (χ2n) is 6.57. The number of hydrogen-bond donors (Lipinski definition) is 1. The summed E-state index contributed by atoms with van der Waals surface area (Å²) < 4.78 is 11.4. The maximum Gasteiger partial charge on any atom is 0.251 e. The van der Waals surface area contributed by atoms with Gasteiger partial charge in [-0.1, -0.05) is 13.0 Å². The van der Waals surface area contributed by atoms with E-state index < -0.39 is 0 Å². The van der Waals surface area contributed by atoms with Crippen LogP contribution in [0.1, 0.15) is 41.4 Å². The van der Waals surface area contributed by atoms with E-state index in [1.165, 1.54) is 0 Å². The van der Waals surface area contributed by atoms with Gasteiger partial charge in [0.2, 0.25) is 0 Å². The summed E-state index contributed by atoms with van der Waals surface area (Å²) in [5, 5.41) is 3.87. The van der Waals surface area contributed by atoms with Crippen LogP contribution in [0.15, 0.2) is 66.1 Å². The molecule has 0 saturated carbocycles. The van der Waals surface area contributed by atoms with Crippen molar-refractivity contribution in [3.05, 3.63) is 77.7 Å². The Kier molecular flexibility index (Phi) is 7.68. The number of pyridine rings is 2. The molecule has 0 spiro atoms. The van der Waals surface area contributed by atoms with Gasteiger partial charge in [-0.05, 0) is 60.2 Å². The van der Waals surface area contributed by atoms with Crippen LogP contribution in [-0.2, 0) is 6.61 Å². The van der Waals surface area contributed by atoms with Crippen LogP contribution in [-0.4, -0.2) is 28.7 Å². The topological polar surface area (TPSA) is 73.3 Å². The molecule has 0 fully saturated rings. The molecular weight excluding hydrogens is 398 g/mol. The first kappa shape index (κ1) is 21.6. The third kappa shape index (κ3) is 5.73. The van der Waals surface area contributed by atoms with Gasteiger partial charge in [0.05, 0.1) is 18.2 Å². The molecule has 2 aromatic heterocycles. The van der Waals surface area contributed by atoms with Crippen molar-refractivity contribution in [3.63, 3.8) is 0 Å². The molecule has 2 heterocycles. The van der Waals surface area contributed by atoms with Crippen LogP contribution in [0, 0.1) is 0 Å². The number of amides is 1. The van der Waals surface area contributed by atoms with E-state index >= 15 is 0 Å². The summed E-state index contributed by atoms with van der Waals surface area (Å²) in [5.74, 6) is 2.03. The predicted molar refractivity (Wildman–Crippen MR) is 118 cm³/mol. The highest BCUT2D eigenvalue weighted by molar-refractivity contribution is 7.99. The van der Waals surface area contributed by atoms with Crippen molar-refractivity contribution in [2.24, 2.45) is 0 Å². The monoisotopic (exact) mass is 423 g/mol. The molecule has 3 aromatic rings. The van der Waals surface area contributed by atoms with E-state index in [2.05, 4.69) is 22.2 Å². The predicted octanol–water partition coefficient (Wildman–Crippen LogP) is 4.67. The normalized spacial score (nSPS) is 11.6. The number of rotatable bonds is 9. The van der Waals surface area contributed by atoms with Gasteiger partial charge in [-0.2, -0.15) is 0 Å². The van der Waals surface area contributed by atoms with Gasteiger partial charge in [-0.3, -0.25) is 9.78 Å². The molecule has 156 valence electrons. The molecule has 1 N–H and O–H groups in total. The molecule has 0 saturated heterocycles. The zero-order valence-electron chi connectivity index (χ0n) is 17.3. The van der Waals surface area contributed by atoms with Crippen LogP contribution >= 0.6 is 11.8 Å². The Hall–Kier alpha value is -3.06. The Morgan fingerprint density at radius 3 is 2.63 bits per heavy atom. The van der Waals surface area contributed by atoms with Crippen LogP contribution in [0.3, 0.4) is 0 Å². The lowest BCUT2D eigenvalue weighted by Crippen LogP contribution is -2.26. The lowest BCUT2D eigenvalue weighted by Gasteiger charge is -2.17. The number of carbonyl (C=O) groups excluding carboxylic acids is 1. The van der Waals surface area contributed by atoms with Crippen LogP contribution in [0.5, 0.6) is 11.5 Å². The van der Waals surface area contributed by atoms with Gasteiger partial charge >= 0.3 is 0 Å². The minimum atomic E-state index is -0.198. The van der Waals surface area contributed by atoms with Crippen molar-refractivity contribution in [2.45, 2.75) is 31.5 Å². The first-order valence-corrected chi connectivity index (χ1v) is 10.7. The van der Waals surface area contributed by atoms with Gasteiger partial charge in [0.15, 0.2) is 11.5 Å². The fourth-order valence-corrected chi connectivity index (χ4v) is 3.50. The standard InChI is InChI=1S/C23H25N3O3S/c1-4-30-22-14-19(9-12-25-22)23(27)26-16(2)18-5-6-20(21(13-18)28-3)29-15-17-7-10-24-11-8-17/h5-14,16H,4,15H2,1-3H3,(H,26,27). The lowest BCUT2D eigenvalue weighted by molar-refractivity contribution is 0.0939.